The number of benzene rings is 2. The summed E-state index contributed by atoms with van der Waals surface area (Å²) in [5.74, 6) is 0.502. The molecule has 30 heavy (non-hydrogen) atoms. The molecule has 7 heteroatoms. The number of piperidine rings is 1. The fraction of sp³-hybridized carbons (Fsp3) is 0.391. The number of hydrogen-bond acceptors (Lipinski definition) is 5. The number of rotatable bonds is 5. The number of nitrogens with zero attached hydrogens (tertiary/aromatic N) is 1. The summed E-state index contributed by atoms with van der Waals surface area (Å²) in [4.78, 5) is 26.9. The number of likely N-dealkylation sites (tertiary alicyclic amines) is 1. The average Bonchev–Trinajstić information content (AvgIpc) is 2.68. The Morgan fingerprint density at radius 1 is 1.00 bits per heavy atom. The lowest BCUT2D eigenvalue weighted by Crippen LogP contribution is -2.50. The monoisotopic (exact) mass is 429 g/mol. The molecule has 2 aromatic rings. The van der Waals surface area contributed by atoms with Crippen LogP contribution >= 0.6 is 11.8 Å². The highest BCUT2D eigenvalue weighted by molar-refractivity contribution is 8.01. The molecule has 1 aliphatic rings. The Labute approximate surface area is 181 Å². The van der Waals surface area contributed by atoms with Gasteiger partial charge in [0.2, 0.25) is 0 Å². The molecule has 1 aliphatic heterocycles. The van der Waals surface area contributed by atoms with Crippen LogP contribution in [0.1, 0.15) is 33.6 Å². The second kappa shape index (κ2) is 9.00. The SMILES string of the molecule is CC(C)(C)OC(=O)N1CCC(Sc2cccc(Oc3ccccc3)c2)(C(=O)O)CC1. The molecule has 0 spiro atoms. The normalized spacial score (nSPS) is 16.0. The lowest BCUT2D eigenvalue weighted by Gasteiger charge is -2.38. The Morgan fingerprint density at radius 3 is 2.23 bits per heavy atom. The maximum absolute atomic E-state index is 12.3. The number of aliphatic carboxylic acids is 1. The van der Waals surface area contributed by atoms with Crippen LogP contribution in [0.3, 0.4) is 0 Å². The molecule has 1 saturated heterocycles. The molecule has 0 atom stereocenters. The van der Waals surface area contributed by atoms with Crippen LogP contribution in [0.4, 0.5) is 4.79 Å². The van der Waals surface area contributed by atoms with Crippen molar-refractivity contribution in [3.63, 3.8) is 0 Å². The molecule has 0 unspecified atom stereocenters. The standard InChI is InChI=1S/C23H27NO5S/c1-22(2,3)29-21(27)24-14-12-23(13-15-24,20(25)26)30-19-11-7-10-18(16-19)28-17-8-5-4-6-9-17/h4-11,16H,12-15H2,1-3H3,(H,25,26). The molecular formula is C23H27NO5S. The first-order valence-electron chi connectivity index (χ1n) is 9.90. The summed E-state index contributed by atoms with van der Waals surface area (Å²) < 4.78 is 10.3. The van der Waals surface area contributed by atoms with Gasteiger partial charge in [-0.1, -0.05) is 24.3 Å². The van der Waals surface area contributed by atoms with E-state index in [0.717, 1.165) is 10.6 Å². The van der Waals surface area contributed by atoms with Crippen LogP contribution in [0.25, 0.3) is 0 Å². The van der Waals surface area contributed by atoms with Gasteiger partial charge in [-0.25, -0.2) is 4.79 Å². The van der Waals surface area contributed by atoms with Crippen molar-refractivity contribution in [1.82, 2.24) is 4.90 Å². The average molecular weight is 430 g/mol. The number of thioether (sulfide) groups is 1. The van der Waals surface area contributed by atoms with Crippen molar-refractivity contribution in [3.8, 4) is 11.5 Å². The van der Waals surface area contributed by atoms with E-state index >= 15 is 0 Å². The predicted molar refractivity (Wildman–Crippen MR) is 116 cm³/mol. The molecular weight excluding hydrogens is 402 g/mol. The number of ether oxygens (including phenoxy) is 2. The van der Waals surface area contributed by atoms with Gasteiger partial charge in [0.15, 0.2) is 0 Å². The van der Waals surface area contributed by atoms with Gasteiger partial charge in [-0.15, -0.1) is 11.8 Å². The number of carbonyl (C=O) groups is 2. The van der Waals surface area contributed by atoms with E-state index in [1.165, 1.54) is 11.8 Å². The first-order chi connectivity index (χ1) is 14.2. The molecule has 3 rings (SSSR count). The third-order valence-corrected chi connectivity index (χ3v) is 6.17. The first-order valence-corrected chi connectivity index (χ1v) is 10.7. The van der Waals surface area contributed by atoms with Crippen molar-refractivity contribution in [3.05, 3.63) is 54.6 Å². The van der Waals surface area contributed by atoms with E-state index < -0.39 is 22.4 Å². The number of carboxylic acids is 1. The molecule has 1 heterocycles. The number of carbonyl (C=O) groups excluding carboxylic acids is 1. The Bertz CT molecular complexity index is 886. The number of para-hydroxylation sites is 1. The van der Waals surface area contributed by atoms with Crippen molar-refractivity contribution in [2.24, 2.45) is 0 Å². The lowest BCUT2D eigenvalue weighted by molar-refractivity contribution is -0.141. The zero-order valence-electron chi connectivity index (χ0n) is 17.5. The Morgan fingerprint density at radius 2 is 1.63 bits per heavy atom. The molecule has 6 nitrogen and oxygen atoms in total. The van der Waals surface area contributed by atoms with Crippen LogP contribution in [0.15, 0.2) is 59.5 Å². The summed E-state index contributed by atoms with van der Waals surface area (Å²) in [6.45, 7) is 6.13. The molecule has 0 aromatic heterocycles. The zero-order valence-corrected chi connectivity index (χ0v) is 18.3. The molecule has 0 radical (unpaired) electrons. The van der Waals surface area contributed by atoms with Gasteiger partial charge >= 0.3 is 12.1 Å². The van der Waals surface area contributed by atoms with E-state index in [-0.39, 0.29) is 0 Å². The Balaban J connectivity index is 1.69. The number of amides is 1. The summed E-state index contributed by atoms with van der Waals surface area (Å²) in [7, 11) is 0. The Kier molecular flexibility index (Phi) is 6.61. The fourth-order valence-corrected chi connectivity index (χ4v) is 4.43. The third kappa shape index (κ3) is 5.69. The van der Waals surface area contributed by atoms with Crippen LogP contribution in [0.5, 0.6) is 11.5 Å². The zero-order chi connectivity index (χ0) is 21.8. The van der Waals surface area contributed by atoms with E-state index in [1.54, 1.807) is 4.90 Å². The van der Waals surface area contributed by atoms with Gasteiger partial charge in [0, 0.05) is 18.0 Å². The maximum atomic E-state index is 12.3. The summed E-state index contributed by atoms with van der Waals surface area (Å²) in [5, 5.41) is 9.98. The Hall–Kier alpha value is -2.67. The summed E-state index contributed by atoms with van der Waals surface area (Å²) >= 11 is 1.31. The minimum absolute atomic E-state index is 0.342. The highest BCUT2D eigenvalue weighted by atomic mass is 32.2. The van der Waals surface area contributed by atoms with Crippen LogP contribution in [-0.4, -0.2) is 45.5 Å². The van der Waals surface area contributed by atoms with Crippen LogP contribution in [0, 0.1) is 0 Å². The van der Waals surface area contributed by atoms with E-state index in [0.29, 0.717) is 31.7 Å². The summed E-state index contributed by atoms with van der Waals surface area (Å²) in [6.07, 6.45) is 0.288. The van der Waals surface area contributed by atoms with Crippen LogP contribution in [0.2, 0.25) is 0 Å². The maximum Gasteiger partial charge on any atom is 0.410 e. The lowest BCUT2D eigenvalue weighted by atomic mass is 9.96. The largest absolute Gasteiger partial charge is 0.480 e. The minimum Gasteiger partial charge on any atom is -0.480 e. The van der Waals surface area contributed by atoms with Gasteiger partial charge in [0.25, 0.3) is 0 Å². The second-order valence-electron chi connectivity index (χ2n) is 8.26. The molecule has 0 aliphatic carbocycles. The molecule has 0 saturated carbocycles. The van der Waals surface area contributed by atoms with E-state index in [4.69, 9.17) is 9.47 Å². The van der Waals surface area contributed by atoms with E-state index in [2.05, 4.69) is 0 Å². The van der Waals surface area contributed by atoms with Gasteiger partial charge < -0.3 is 19.5 Å². The highest BCUT2D eigenvalue weighted by Crippen LogP contribution is 2.42. The second-order valence-corrected chi connectivity index (χ2v) is 9.72. The molecule has 160 valence electrons. The van der Waals surface area contributed by atoms with Crippen molar-refractivity contribution in [2.45, 2.75) is 48.9 Å². The summed E-state index contributed by atoms with van der Waals surface area (Å²) in [5.41, 5.74) is -0.577. The van der Waals surface area contributed by atoms with E-state index in [9.17, 15) is 14.7 Å². The molecule has 1 amide bonds. The van der Waals surface area contributed by atoms with Gasteiger partial charge in [-0.2, -0.15) is 0 Å². The van der Waals surface area contributed by atoms with Gasteiger partial charge in [-0.3, -0.25) is 4.79 Å². The predicted octanol–water partition coefficient (Wildman–Crippen LogP) is 5.43. The molecule has 1 fully saturated rings. The third-order valence-electron chi connectivity index (χ3n) is 4.71. The van der Waals surface area contributed by atoms with Crippen molar-refractivity contribution >= 4 is 23.8 Å². The van der Waals surface area contributed by atoms with E-state index in [1.807, 2.05) is 75.4 Å². The van der Waals surface area contributed by atoms with Gasteiger partial charge in [0.05, 0.1) is 0 Å². The smallest absolute Gasteiger partial charge is 0.410 e. The fourth-order valence-electron chi connectivity index (χ4n) is 3.19. The van der Waals surface area contributed by atoms with Gasteiger partial charge in [0.1, 0.15) is 21.8 Å². The van der Waals surface area contributed by atoms with Crippen molar-refractivity contribution in [1.29, 1.82) is 0 Å². The quantitative estimate of drug-likeness (QED) is 0.683. The number of hydrogen-bond donors (Lipinski definition) is 1. The minimum atomic E-state index is -0.996. The van der Waals surface area contributed by atoms with Crippen LogP contribution < -0.4 is 4.74 Å². The topological polar surface area (TPSA) is 76.1 Å². The van der Waals surface area contributed by atoms with Gasteiger partial charge in [-0.05, 0) is 63.9 Å². The van der Waals surface area contributed by atoms with Crippen molar-refractivity contribution < 1.29 is 24.2 Å². The first kappa shape index (κ1) is 22.0. The summed E-state index contributed by atoms with van der Waals surface area (Å²) in [6, 6.07) is 16.9. The van der Waals surface area contributed by atoms with Crippen molar-refractivity contribution in [2.75, 3.05) is 13.1 Å². The highest BCUT2D eigenvalue weighted by Gasteiger charge is 2.44. The molecule has 2 aromatic carbocycles. The number of carboxylic acid groups (broad SMARTS) is 1. The molecule has 0 bridgehead atoms. The molecule has 1 N–H and O–H groups in total. The van der Waals surface area contributed by atoms with Crippen LogP contribution in [-0.2, 0) is 9.53 Å².